The molecule has 0 aromatic carbocycles. The van der Waals surface area contributed by atoms with Gasteiger partial charge in [0.1, 0.15) is 17.0 Å². The lowest BCUT2D eigenvalue weighted by atomic mass is 9.99. The predicted octanol–water partition coefficient (Wildman–Crippen LogP) is 5.09. The molecule has 3 fully saturated rings. The third kappa shape index (κ3) is 4.30. The van der Waals surface area contributed by atoms with Gasteiger partial charge in [-0.05, 0) is 56.7 Å². The van der Waals surface area contributed by atoms with Crippen molar-refractivity contribution in [3.05, 3.63) is 35.0 Å². The van der Waals surface area contributed by atoms with Crippen LogP contribution in [0.3, 0.4) is 0 Å². The van der Waals surface area contributed by atoms with Gasteiger partial charge in [-0.25, -0.2) is 14.4 Å². The smallest absolute Gasteiger partial charge is 0.384 e. The molecule has 6 rings (SSSR count). The molecule has 4 atom stereocenters. The summed E-state index contributed by atoms with van der Waals surface area (Å²) in [5.41, 5.74) is 4.00. The van der Waals surface area contributed by atoms with E-state index in [1.165, 1.54) is 37.3 Å². The third-order valence-corrected chi connectivity index (χ3v) is 7.19. The number of pyridine rings is 2. The molecule has 3 N–H and O–H groups in total. The van der Waals surface area contributed by atoms with Crippen LogP contribution >= 0.6 is 0 Å². The highest BCUT2D eigenvalue weighted by atomic mass is 19.4. The van der Waals surface area contributed by atoms with Gasteiger partial charge in [-0.3, -0.25) is 4.68 Å². The zero-order valence-electron chi connectivity index (χ0n) is 20.3. The largest absolute Gasteiger partial charge is 0.418 e. The molecule has 3 aromatic rings. The number of aryl methyl sites for hydroxylation is 1. The molecular formula is C26H28F4N6. The zero-order chi connectivity index (χ0) is 25.9. The topological polar surface area (TPSA) is 81.7 Å². The van der Waals surface area contributed by atoms with E-state index in [0.717, 1.165) is 17.9 Å². The van der Waals surface area contributed by atoms with Crippen molar-refractivity contribution in [1.29, 1.82) is 0 Å². The van der Waals surface area contributed by atoms with E-state index in [2.05, 4.69) is 26.3 Å². The van der Waals surface area contributed by atoms with Crippen LogP contribution in [-0.2, 0) is 6.18 Å². The van der Waals surface area contributed by atoms with Crippen molar-refractivity contribution in [2.75, 3.05) is 18.8 Å². The number of nitrogen functional groups attached to an aromatic ring is 1. The summed E-state index contributed by atoms with van der Waals surface area (Å²) in [6.07, 6.45) is 4.36. The minimum absolute atomic E-state index is 0.0869. The van der Waals surface area contributed by atoms with E-state index in [0.29, 0.717) is 17.5 Å². The maximum absolute atomic E-state index is 15.7. The van der Waals surface area contributed by atoms with Crippen LogP contribution in [0, 0.1) is 42.8 Å². The van der Waals surface area contributed by atoms with Crippen molar-refractivity contribution in [3.63, 3.8) is 0 Å². The Balaban J connectivity index is 0.000000382. The van der Waals surface area contributed by atoms with Gasteiger partial charge in [0.2, 0.25) is 0 Å². The van der Waals surface area contributed by atoms with Crippen LogP contribution in [-0.4, -0.2) is 32.8 Å². The SMILES string of the molecule is C#CC1CC1n1ncc2c(C(C)C)nc(-c3cc(N)nc(C)c3C(F)(F)F)c(F)c21.C1NCC2CC12. The molecule has 10 heteroatoms. The van der Waals surface area contributed by atoms with Gasteiger partial charge in [-0.2, -0.15) is 18.3 Å². The number of anilines is 1. The number of hydrogen-bond donors (Lipinski definition) is 2. The molecule has 190 valence electrons. The number of rotatable bonds is 3. The molecule has 0 amide bonds. The van der Waals surface area contributed by atoms with E-state index in [1.807, 2.05) is 13.8 Å². The Hall–Kier alpha value is -3.19. The second-order valence-corrected chi connectivity index (χ2v) is 10.2. The molecule has 3 aromatic heterocycles. The van der Waals surface area contributed by atoms with Crippen LogP contribution in [0.15, 0.2) is 12.3 Å². The number of piperidine rings is 1. The summed E-state index contributed by atoms with van der Waals surface area (Å²) in [4.78, 5) is 8.02. The molecule has 0 bridgehead atoms. The predicted molar refractivity (Wildman–Crippen MR) is 129 cm³/mol. The van der Waals surface area contributed by atoms with Gasteiger partial charge < -0.3 is 11.1 Å². The normalized spacial score (nSPS) is 24.3. The van der Waals surface area contributed by atoms with Crippen LogP contribution in [0.5, 0.6) is 0 Å². The number of nitrogens with two attached hydrogens (primary N) is 1. The second-order valence-electron chi connectivity index (χ2n) is 10.2. The molecule has 4 heterocycles. The summed E-state index contributed by atoms with van der Waals surface area (Å²) < 4.78 is 58.7. The molecule has 0 radical (unpaired) electrons. The fraction of sp³-hybridized carbons (Fsp3) is 0.500. The number of fused-ring (bicyclic) bond motifs is 2. The lowest BCUT2D eigenvalue weighted by Crippen LogP contribution is -2.14. The number of hydrogen-bond acceptors (Lipinski definition) is 5. The quantitative estimate of drug-likeness (QED) is 0.387. The minimum Gasteiger partial charge on any atom is -0.384 e. The van der Waals surface area contributed by atoms with E-state index >= 15 is 4.39 Å². The fourth-order valence-corrected chi connectivity index (χ4v) is 5.12. The Labute approximate surface area is 206 Å². The van der Waals surface area contributed by atoms with Crippen molar-refractivity contribution in [2.24, 2.45) is 17.8 Å². The molecule has 2 saturated carbocycles. The van der Waals surface area contributed by atoms with Gasteiger partial charge in [0.25, 0.3) is 0 Å². The van der Waals surface area contributed by atoms with Crippen LogP contribution in [0.1, 0.15) is 55.6 Å². The summed E-state index contributed by atoms with van der Waals surface area (Å²) >= 11 is 0. The average molecular weight is 501 g/mol. The van der Waals surface area contributed by atoms with Crippen molar-refractivity contribution >= 4 is 16.7 Å². The molecule has 2 aliphatic carbocycles. The third-order valence-electron chi connectivity index (χ3n) is 7.19. The Kier molecular flexibility index (Phi) is 5.94. The van der Waals surface area contributed by atoms with E-state index in [4.69, 9.17) is 12.2 Å². The summed E-state index contributed by atoms with van der Waals surface area (Å²) in [6, 6.07) is 0.822. The first kappa shape index (κ1) is 24.5. The standard InChI is InChI=1S/C21H19F4N5.C5H9N/c1-5-11-6-14(11)30-20-13(8-27-30)18(9(2)3)29-19(17(20)22)12-7-15(26)28-10(4)16(12)21(23,24)25;1-4-2-6-3-5(1)4/h1,7-9,11,14H,6H2,2-4H3,(H2,26,28);4-6H,1-3H2. The van der Waals surface area contributed by atoms with Crippen molar-refractivity contribution in [1.82, 2.24) is 25.1 Å². The minimum atomic E-state index is -4.76. The highest BCUT2D eigenvalue weighted by Gasteiger charge is 2.42. The number of halogens is 4. The Morgan fingerprint density at radius 1 is 1.19 bits per heavy atom. The summed E-state index contributed by atoms with van der Waals surface area (Å²) in [6.45, 7) is 7.47. The van der Waals surface area contributed by atoms with Crippen LogP contribution in [0.4, 0.5) is 23.4 Å². The van der Waals surface area contributed by atoms with E-state index in [1.54, 1.807) is 0 Å². The number of terminal acetylenes is 1. The Morgan fingerprint density at radius 3 is 2.39 bits per heavy atom. The Morgan fingerprint density at radius 2 is 1.89 bits per heavy atom. The van der Waals surface area contributed by atoms with Crippen molar-refractivity contribution in [3.8, 4) is 23.6 Å². The van der Waals surface area contributed by atoms with E-state index in [9.17, 15) is 13.2 Å². The Bertz CT molecular complexity index is 1360. The van der Waals surface area contributed by atoms with Gasteiger partial charge >= 0.3 is 6.18 Å². The lowest BCUT2D eigenvalue weighted by Gasteiger charge is -2.18. The molecule has 0 spiro atoms. The maximum Gasteiger partial charge on any atom is 0.418 e. The second kappa shape index (κ2) is 8.73. The van der Waals surface area contributed by atoms with Crippen LogP contribution in [0.25, 0.3) is 22.2 Å². The van der Waals surface area contributed by atoms with Gasteiger partial charge in [0.05, 0.1) is 29.2 Å². The van der Waals surface area contributed by atoms with Crippen LogP contribution < -0.4 is 11.1 Å². The molecule has 4 unspecified atom stereocenters. The van der Waals surface area contributed by atoms with Crippen LogP contribution in [0.2, 0.25) is 0 Å². The summed E-state index contributed by atoms with van der Waals surface area (Å²) in [5.74, 6) is 3.52. The monoisotopic (exact) mass is 500 g/mol. The van der Waals surface area contributed by atoms with Gasteiger partial charge in [0, 0.05) is 16.9 Å². The average Bonchev–Trinajstić information content (AvgIpc) is 3.65. The fourth-order valence-electron chi connectivity index (χ4n) is 5.12. The number of alkyl halides is 3. The summed E-state index contributed by atoms with van der Waals surface area (Å²) in [7, 11) is 0. The lowest BCUT2D eigenvalue weighted by molar-refractivity contribution is -0.137. The number of nitrogens with one attached hydrogen (secondary N) is 1. The summed E-state index contributed by atoms with van der Waals surface area (Å²) in [5, 5.41) is 8.06. The molecular weight excluding hydrogens is 472 g/mol. The number of nitrogens with zero attached hydrogens (tertiary/aromatic N) is 4. The molecule has 3 aliphatic rings. The highest BCUT2D eigenvalue weighted by Crippen LogP contribution is 2.46. The first-order valence-corrected chi connectivity index (χ1v) is 12.1. The first-order valence-electron chi connectivity index (χ1n) is 12.1. The molecule has 36 heavy (non-hydrogen) atoms. The van der Waals surface area contributed by atoms with Crippen molar-refractivity contribution in [2.45, 2.75) is 51.7 Å². The van der Waals surface area contributed by atoms with Gasteiger partial charge in [-0.1, -0.05) is 13.8 Å². The van der Waals surface area contributed by atoms with E-state index < -0.39 is 28.8 Å². The number of aromatic nitrogens is 4. The first-order chi connectivity index (χ1) is 17.0. The van der Waals surface area contributed by atoms with E-state index in [-0.39, 0.29) is 34.9 Å². The molecule has 1 saturated heterocycles. The maximum atomic E-state index is 15.7. The van der Waals surface area contributed by atoms with Crippen molar-refractivity contribution < 1.29 is 17.6 Å². The van der Waals surface area contributed by atoms with Gasteiger partial charge in [-0.15, -0.1) is 12.3 Å². The zero-order valence-corrected chi connectivity index (χ0v) is 20.3. The highest BCUT2D eigenvalue weighted by molar-refractivity contribution is 5.87. The van der Waals surface area contributed by atoms with Gasteiger partial charge in [0.15, 0.2) is 5.82 Å². The molecule has 1 aliphatic heterocycles. The molecule has 6 nitrogen and oxygen atoms in total.